The van der Waals surface area contributed by atoms with Gasteiger partial charge < -0.3 is 34.6 Å². The van der Waals surface area contributed by atoms with E-state index in [-0.39, 0.29) is 6.61 Å². The molecule has 2 fully saturated rings. The molecule has 7 heteroatoms. The largest absolute Gasteiger partial charge is 0.394 e. The second-order valence-corrected chi connectivity index (χ2v) is 3.72. The number of hydrogen-bond donors (Lipinski definition) is 4. The van der Waals surface area contributed by atoms with Gasteiger partial charge in [-0.15, -0.1) is 0 Å². The van der Waals surface area contributed by atoms with E-state index in [9.17, 15) is 15.3 Å². The highest BCUT2D eigenvalue weighted by molar-refractivity contribution is 5.08. The number of hydrogen-bond acceptors (Lipinski definition) is 7. The van der Waals surface area contributed by atoms with Gasteiger partial charge in [-0.1, -0.05) is 0 Å². The Labute approximate surface area is 85.8 Å². The molecule has 0 bridgehead atoms. The van der Waals surface area contributed by atoms with E-state index >= 15 is 0 Å². The van der Waals surface area contributed by atoms with Crippen LogP contribution in [-0.2, 0) is 14.2 Å². The molecule has 2 aliphatic heterocycles. The van der Waals surface area contributed by atoms with Gasteiger partial charge in [0.05, 0.1) is 6.61 Å². The Morgan fingerprint density at radius 3 is 2.53 bits per heavy atom. The minimum atomic E-state index is -2.08. The second-order valence-electron chi connectivity index (χ2n) is 3.72. The van der Waals surface area contributed by atoms with Crippen molar-refractivity contribution in [2.75, 3.05) is 20.3 Å². The monoisotopic (exact) mass is 222 g/mol. The number of rotatable bonds is 2. The number of aliphatic hydroxyl groups is 4. The van der Waals surface area contributed by atoms with Crippen LogP contribution in [0.2, 0.25) is 0 Å². The first-order chi connectivity index (χ1) is 7.00. The van der Waals surface area contributed by atoms with E-state index in [1.807, 2.05) is 0 Å². The highest BCUT2D eigenvalue weighted by Gasteiger charge is 2.72. The van der Waals surface area contributed by atoms with Crippen molar-refractivity contribution in [3.63, 3.8) is 0 Å². The van der Waals surface area contributed by atoms with E-state index in [2.05, 4.69) is 0 Å². The van der Waals surface area contributed by atoms with Crippen molar-refractivity contribution in [2.45, 2.75) is 29.9 Å². The Morgan fingerprint density at radius 1 is 1.47 bits per heavy atom. The van der Waals surface area contributed by atoms with E-state index < -0.39 is 36.5 Å². The van der Waals surface area contributed by atoms with Gasteiger partial charge in [0.25, 0.3) is 11.6 Å². The molecule has 0 aliphatic carbocycles. The Hall–Kier alpha value is -0.280. The zero-order valence-corrected chi connectivity index (χ0v) is 8.16. The minimum absolute atomic E-state index is 0.0692. The van der Waals surface area contributed by atoms with E-state index in [0.29, 0.717) is 0 Å². The fourth-order valence-corrected chi connectivity index (χ4v) is 1.91. The first-order valence-electron chi connectivity index (χ1n) is 4.57. The smallest absolute Gasteiger partial charge is 0.253 e. The molecule has 5 atom stereocenters. The predicted molar refractivity (Wildman–Crippen MR) is 44.6 cm³/mol. The molecule has 7 nitrogen and oxygen atoms in total. The lowest BCUT2D eigenvalue weighted by Gasteiger charge is -2.59. The van der Waals surface area contributed by atoms with Gasteiger partial charge in [-0.25, -0.2) is 0 Å². The van der Waals surface area contributed by atoms with Crippen LogP contribution in [0.1, 0.15) is 0 Å². The summed E-state index contributed by atoms with van der Waals surface area (Å²) >= 11 is 0. The highest BCUT2D eigenvalue weighted by atomic mass is 16.8. The van der Waals surface area contributed by atoms with Crippen molar-refractivity contribution >= 4 is 0 Å². The number of fused-ring (bicyclic) bond motifs is 1. The van der Waals surface area contributed by atoms with Crippen molar-refractivity contribution in [2.24, 2.45) is 0 Å². The van der Waals surface area contributed by atoms with E-state index in [4.69, 9.17) is 19.3 Å². The van der Waals surface area contributed by atoms with Crippen LogP contribution in [0.5, 0.6) is 0 Å². The summed E-state index contributed by atoms with van der Waals surface area (Å²) in [5, 5.41) is 37.9. The SMILES string of the molecule is COC12CO[C@@]1(O)[C@@H](O)[C@H](O)[C@@H](CO)O2. The molecule has 2 saturated heterocycles. The summed E-state index contributed by atoms with van der Waals surface area (Å²) in [4.78, 5) is 0. The zero-order chi connectivity index (χ0) is 11.3. The number of ether oxygens (including phenoxy) is 3. The molecule has 88 valence electrons. The number of methoxy groups -OCH3 is 1. The summed E-state index contributed by atoms with van der Waals surface area (Å²) in [6, 6.07) is 0. The summed E-state index contributed by atoms with van der Waals surface area (Å²) in [5.74, 6) is -3.59. The fraction of sp³-hybridized carbons (Fsp3) is 1.00. The van der Waals surface area contributed by atoms with Gasteiger partial charge in [0, 0.05) is 7.11 Å². The lowest BCUT2D eigenvalue weighted by Crippen LogP contribution is -2.82. The van der Waals surface area contributed by atoms with Crippen molar-refractivity contribution in [1.29, 1.82) is 0 Å². The molecule has 0 aromatic carbocycles. The van der Waals surface area contributed by atoms with E-state index in [1.165, 1.54) is 7.11 Å². The summed E-state index contributed by atoms with van der Waals surface area (Å²) in [6.07, 6.45) is -4.02. The van der Waals surface area contributed by atoms with Crippen molar-refractivity contribution in [3.05, 3.63) is 0 Å². The standard InChI is InChI=1S/C8H14O7/c1-13-7-3-14-8(7,12)6(11)5(10)4(2-9)15-7/h4-6,9-12H,2-3H2,1H3/t4-,5-,6+,7?,8+/m1/s1. The Morgan fingerprint density at radius 2 is 2.13 bits per heavy atom. The first-order valence-corrected chi connectivity index (χ1v) is 4.57. The van der Waals surface area contributed by atoms with Crippen molar-refractivity contribution < 1.29 is 34.6 Å². The molecular formula is C8H14O7. The molecule has 4 N–H and O–H groups in total. The molecule has 2 rings (SSSR count). The zero-order valence-electron chi connectivity index (χ0n) is 8.16. The van der Waals surface area contributed by atoms with Gasteiger partial charge in [0.1, 0.15) is 24.9 Å². The molecule has 0 aromatic heterocycles. The third-order valence-corrected chi connectivity index (χ3v) is 2.98. The first kappa shape index (κ1) is 11.2. The molecular weight excluding hydrogens is 208 g/mol. The fourth-order valence-electron chi connectivity index (χ4n) is 1.91. The number of aliphatic hydroxyl groups excluding tert-OH is 3. The molecule has 0 spiro atoms. The van der Waals surface area contributed by atoms with Crippen LogP contribution in [0.25, 0.3) is 0 Å². The molecule has 0 amide bonds. The molecule has 2 heterocycles. The van der Waals surface area contributed by atoms with Gasteiger partial charge in [0.15, 0.2) is 0 Å². The lowest BCUT2D eigenvalue weighted by molar-refractivity contribution is -0.535. The summed E-state index contributed by atoms with van der Waals surface area (Å²) in [7, 11) is 1.28. The molecule has 2 aliphatic rings. The molecule has 15 heavy (non-hydrogen) atoms. The van der Waals surface area contributed by atoms with Crippen LogP contribution in [0.3, 0.4) is 0 Å². The third kappa shape index (κ3) is 1.19. The van der Waals surface area contributed by atoms with Gasteiger partial charge in [0.2, 0.25) is 0 Å². The molecule has 0 radical (unpaired) electrons. The Kier molecular flexibility index (Phi) is 2.51. The Bertz CT molecular complexity index is 255. The third-order valence-electron chi connectivity index (χ3n) is 2.98. The van der Waals surface area contributed by atoms with Crippen molar-refractivity contribution in [3.8, 4) is 0 Å². The van der Waals surface area contributed by atoms with Gasteiger partial charge in [-0.3, -0.25) is 0 Å². The average molecular weight is 222 g/mol. The lowest BCUT2D eigenvalue weighted by atomic mass is 9.85. The van der Waals surface area contributed by atoms with Crippen LogP contribution >= 0.6 is 0 Å². The summed E-state index contributed by atoms with van der Waals surface area (Å²) in [6.45, 7) is -0.556. The van der Waals surface area contributed by atoms with Crippen LogP contribution in [0.4, 0.5) is 0 Å². The topological polar surface area (TPSA) is 109 Å². The predicted octanol–water partition coefficient (Wildman–Crippen LogP) is -2.84. The Balaban J connectivity index is 2.27. The van der Waals surface area contributed by atoms with E-state index in [1.54, 1.807) is 0 Å². The van der Waals surface area contributed by atoms with Gasteiger partial charge in [-0.05, 0) is 0 Å². The maximum atomic E-state index is 9.87. The summed E-state index contributed by atoms with van der Waals surface area (Å²) in [5.41, 5.74) is 0. The highest BCUT2D eigenvalue weighted by Crippen LogP contribution is 2.46. The average Bonchev–Trinajstić information content (AvgIpc) is 2.25. The molecule has 0 aromatic rings. The maximum Gasteiger partial charge on any atom is 0.253 e. The van der Waals surface area contributed by atoms with Crippen molar-refractivity contribution in [1.82, 2.24) is 0 Å². The maximum absolute atomic E-state index is 9.87. The minimum Gasteiger partial charge on any atom is -0.394 e. The van der Waals surface area contributed by atoms with Crippen LogP contribution in [0, 0.1) is 0 Å². The second kappa shape index (κ2) is 3.36. The normalized spacial score (nSPS) is 54.6. The van der Waals surface area contributed by atoms with Gasteiger partial charge in [-0.2, -0.15) is 0 Å². The van der Waals surface area contributed by atoms with E-state index in [0.717, 1.165) is 0 Å². The molecule has 1 unspecified atom stereocenters. The van der Waals surface area contributed by atoms with Crippen LogP contribution in [-0.4, -0.2) is 70.6 Å². The quantitative estimate of drug-likeness (QED) is 0.398. The van der Waals surface area contributed by atoms with Crippen LogP contribution < -0.4 is 0 Å². The summed E-state index contributed by atoms with van der Waals surface area (Å²) < 4.78 is 15.0. The van der Waals surface area contributed by atoms with Gasteiger partial charge >= 0.3 is 0 Å². The van der Waals surface area contributed by atoms with Crippen LogP contribution in [0.15, 0.2) is 0 Å². The molecule has 0 saturated carbocycles.